The third-order valence-corrected chi connectivity index (χ3v) is 13.4. The van der Waals surface area contributed by atoms with Gasteiger partial charge in [-0.1, -0.05) is 0 Å². The first-order chi connectivity index (χ1) is 14.1. The van der Waals surface area contributed by atoms with Crippen molar-refractivity contribution < 1.29 is 19.1 Å². The van der Waals surface area contributed by atoms with Crippen LogP contribution in [0.1, 0.15) is 0 Å². The van der Waals surface area contributed by atoms with E-state index in [0.717, 1.165) is 15.9 Å². The molecule has 148 valence electrons. The SMILES string of the molecule is COC(=O)C1C(C(=O)OC)P1(c1ccccc1)(c1ccccc1)c1ccccc1. The van der Waals surface area contributed by atoms with Crippen LogP contribution >= 0.6 is 6.60 Å². The number of ether oxygens (including phenoxy) is 2. The Hall–Kier alpha value is -2.97. The van der Waals surface area contributed by atoms with Crippen molar-refractivity contribution >= 4 is 34.5 Å². The second kappa shape index (κ2) is 7.13. The van der Waals surface area contributed by atoms with E-state index >= 15 is 0 Å². The van der Waals surface area contributed by atoms with Gasteiger partial charge < -0.3 is 0 Å². The molecule has 29 heavy (non-hydrogen) atoms. The molecular weight excluding hydrogens is 383 g/mol. The van der Waals surface area contributed by atoms with Gasteiger partial charge in [0.05, 0.1) is 0 Å². The monoisotopic (exact) mass is 406 g/mol. The molecule has 2 unspecified atom stereocenters. The maximum absolute atomic E-state index is 13.1. The molecule has 1 fully saturated rings. The Kier molecular flexibility index (Phi) is 4.76. The molecule has 0 amide bonds. The van der Waals surface area contributed by atoms with Gasteiger partial charge in [-0.3, -0.25) is 0 Å². The summed E-state index contributed by atoms with van der Waals surface area (Å²) in [5.41, 5.74) is -1.24. The van der Waals surface area contributed by atoms with E-state index in [4.69, 9.17) is 9.47 Å². The van der Waals surface area contributed by atoms with E-state index in [0.29, 0.717) is 0 Å². The Morgan fingerprint density at radius 2 is 0.862 bits per heavy atom. The third-order valence-electron chi connectivity index (χ3n) is 6.19. The van der Waals surface area contributed by atoms with Crippen LogP contribution in [-0.4, -0.2) is 37.5 Å². The van der Waals surface area contributed by atoms with Crippen molar-refractivity contribution in [3.8, 4) is 0 Å². The molecule has 0 bridgehead atoms. The molecule has 0 radical (unpaired) electrons. The fourth-order valence-corrected chi connectivity index (χ4v) is 13.1. The van der Waals surface area contributed by atoms with Gasteiger partial charge in [0.2, 0.25) is 0 Å². The summed E-state index contributed by atoms with van der Waals surface area (Å²) in [6, 6.07) is 29.7. The van der Waals surface area contributed by atoms with Crippen LogP contribution in [0.3, 0.4) is 0 Å². The summed E-state index contributed by atoms with van der Waals surface area (Å²) in [7, 11) is 2.75. The van der Waals surface area contributed by atoms with Crippen LogP contribution in [0, 0.1) is 0 Å². The molecule has 4 nitrogen and oxygen atoms in total. The number of carbonyl (C=O) groups excluding carboxylic acids is 2. The first-order valence-corrected chi connectivity index (χ1v) is 11.8. The van der Waals surface area contributed by atoms with E-state index in [1.54, 1.807) is 0 Å². The minimum atomic E-state index is -3.53. The van der Waals surface area contributed by atoms with E-state index in [1.165, 1.54) is 14.2 Å². The molecule has 3 aromatic rings. The van der Waals surface area contributed by atoms with Crippen molar-refractivity contribution in [3.05, 3.63) is 91.0 Å². The number of benzene rings is 3. The average molecular weight is 406 g/mol. The van der Waals surface area contributed by atoms with Crippen molar-refractivity contribution in [3.63, 3.8) is 0 Å². The third kappa shape index (κ3) is 2.36. The van der Waals surface area contributed by atoms with Crippen molar-refractivity contribution in [2.45, 2.75) is 11.3 Å². The summed E-state index contributed by atoms with van der Waals surface area (Å²) in [5.74, 6) is -0.760. The average Bonchev–Trinajstić information content (AvgIpc) is 3.47. The Balaban J connectivity index is 2.21. The van der Waals surface area contributed by atoms with E-state index in [-0.39, 0.29) is 11.9 Å². The number of carbonyl (C=O) groups is 2. The summed E-state index contributed by atoms with van der Waals surface area (Å²) < 4.78 is 10.5. The summed E-state index contributed by atoms with van der Waals surface area (Å²) >= 11 is 0. The summed E-state index contributed by atoms with van der Waals surface area (Å²) in [4.78, 5) is 26.3. The Morgan fingerprint density at radius 3 is 1.10 bits per heavy atom. The number of methoxy groups -OCH3 is 2. The van der Waals surface area contributed by atoms with E-state index in [1.807, 2.05) is 91.0 Å². The summed E-state index contributed by atoms with van der Waals surface area (Å²) in [6.07, 6.45) is 0. The zero-order chi connectivity index (χ0) is 20.5. The first kappa shape index (κ1) is 19.4. The van der Waals surface area contributed by atoms with Crippen LogP contribution in [0.2, 0.25) is 0 Å². The van der Waals surface area contributed by atoms with E-state index in [2.05, 4.69) is 0 Å². The molecule has 1 aliphatic heterocycles. The normalized spacial score (nSPS) is 22.5. The quantitative estimate of drug-likeness (QED) is 0.483. The zero-order valence-electron chi connectivity index (χ0n) is 16.4. The zero-order valence-corrected chi connectivity index (χ0v) is 17.3. The van der Waals surface area contributed by atoms with Crippen LogP contribution < -0.4 is 15.9 Å². The van der Waals surface area contributed by atoms with Crippen LogP contribution in [0.4, 0.5) is 0 Å². The van der Waals surface area contributed by atoms with Crippen LogP contribution in [0.5, 0.6) is 0 Å². The van der Waals surface area contributed by atoms with E-state index < -0.39 is 17.9 Å². The summed E-state index contributed by atoms with van der Waals surface area (Å²) in [5, 5.41) is 2.96. The summed E-state index contributed by atoms with van der Waals surface area (Å²) in [6.45, 7) is -3.53. The van der Waals surface area contributed by atoms with Gasteiger partial charge in [-0.25, -0.2) is 0 Å². The molecule has 1 aliphatic rings. The second-order valence-corrected chi connectivity index (χ2v) is 12.4. The molecule has 5 heteroatoms. The molecule has 1 heterocycles. The van der Waals surface area contributed by atoms with E-state index in [9.17, 15) is 9.59 Å². The first-order valence-electron chi connectivity index (χ1n) is 9.46. The number of hydrogen-bond acceptors (Lipinski definition) is 4. The Labute approximate surface area is 170 Å². The predicted octanol–water partition coefficient (Wildman–Crippen LogP) is 2.61. The molecule has 4 rings (SSSR count). The van der Waals surface area contributed by atoms with Crippen molar-refractivity contribution in [2.24, 2.45) is 0 Å². The molecule has 0 spiro atoms. The predicted molar refractivity (Wildman–Crippen MR) is 117 cm³/mol. The van der Waals surface area contributed by atoms with Crippen molar-refractivity contribution in [1.29, 1.82) is 0 Å². The minimum absolute atomic E-state index is 0.380. The van der Waals surface area contributed by atoms with Gasteiger partial charge in [-0.2, -0.15) is 0 Å². The number of hydrogen-bond donors (Lipinski definition) is 0. The molecule has 0 aromatic heterocycles. The molecule has 1 saturated heterocycles. The second-order valence-electron chi connectivity index (χ2n) is 7.20. The van der Waals surface area contributed by atoms with Crippen LogP contribution in [0.15, 0.2) is 91.0 Å². The topological polar surface area (TPSA) is 52.6 Å². The van der Waals surface area contributed by atoms with Gasteiger partial charge in [-0.15, -0.1) is 0 Å². The fraction of sp³-hybridized carbons (Fsp3) is 0.167. The van der Waals surface area contributed by atoms with Gasteiger partial charge in [0.15, 0.2) is 0 Å². The number of rotatable bonds is 5. The van der Waals surface area contributed by atoms with Gasteiger partial charge in [-0.05, 0) is 0 Å². The molecule has 0 saturated carbocycles. The van der Waals surface area contributed by atoms with Crippen LogP contribution in [-0.2, 0) is 19.1 Å². The molecule has 0 N–H and O–H groups in total. The fourth-order valence-electron chi connectivity index (χ4n) is 5.04. The van der Waals surface area contributed by atoms with Gasteiger partial charge in [0.25, 0.3) is 0 Å². The standard InChI is InChI=1S/C24H23O4P/c1-27-23(25)21-22(24(26)28-2)29(21,18-12-6-3-7-13-18,19-14-8-4-9-15-19)20-16-10-5-11-17-20/h3-17,21-22H,1-2H3. The Bertz CT molecular complexity index is 909. The van der Waals surface area contributed by atoms with Crippen LogP contribution in [0.25, 0.3) is 0 Å². The van der Waals surface area contributed by atoms with Gasteiger partial charge in [0.1, 0.15) is 0 Å². The van der Waals surface area contributed by atoms with Crippen molar-refractivity contribution in [1.82, 2.24) is 0 Å². The van der Waals surface area contributed by atoms with Gasteiger partial charge in [0, 0.05) is 0 Å². The molecular formula is C24H23O4P. The molecule has 0 aliphatic carbocycles. The maximum atomic E-state index is 13.1. The van der Waals surface area contributed by atoms with Gasteiger partial charge >= 0.3 is 170 Å². The van der Waals surface area contributed by atoms with Crippen molar-refractivity contribution in [2.75, 3.05) is 14.2 Å². The Morgan fingerprint density at radius 1 is 0.586 bits per heavy atom. The number of esters is 2. The molecule has 3 aromatic carbocycles. The molecule has 2 atom stereocenters.